The maximum Gasteiger partial charge on any atom is 0.260 e. The number of nitrogens with one attached hydrogen (secondary N) is 3. The van der Waals surface area contributed by atoms with Crippen LogP contribution in [0.4, 0.5) is 11.6 Å². The van der Waals surface area contributed by atoms with Gasteiger partial charge >= 0.3 is 0 Å². The highest BCUT2D eigenvalue weighted by molar-refractivity contribution is 6.09. The van der Waals surface area contributed by atoms with Crippen molar-refractivity contribution in [2.75, 3.05) is 10.6 Å². The highest BCUT2D eigenvalue weighted by atomic mass is 16.2. The van der Waals surface area contributed by atoms with Crippen molar-refractivity contribution < 1.29 is 9.59 Å². The van der Waals surface area contributed by atoms with E-state index in [2.05, 4.69) is 20.6 Å². The molecule has 2 aromatic rings. The van der Waals surface area contributed by atoms with E-state index < -0.39 is 0 Å². The minimum absolute atomic E-state index is 0.228. The van der Waals surface area contributed by atoms with Gasteiger partial charge in [-0.05, 0) is 19.1 Å². The number of aryl methyl sites for hydroxylation is 1. The topological polar surface area (TPSA) is 86.9 Å². The van der Waals surface area contributed by atoms with Crippen LogP contribution in [0.25, 0.3) is 0 Å². The smallest absolute Gasteiger partial charge is 0.260 e. The van der Waals surface area contributed by atoms with E-state index in [-0.39, 0.29) is 11.8 Å². The quantitative estimate of drug-likeness (QED) is 0.786. The zero-order valence-corrected chi connectivity index (χ0v) is 10.7. The normalized spacial score (nSPS) is 10.0. The maximum absolute atomic E-state index is 12.1. The first-order valence-corrected chi connectivity index (χ1v) is 5.76. The van der Waals surface area contributed by atoms with Gasteiger partial charge in [0.25, 0.3) is 5.91 Å². The molecule has 0 unspecified atom stereocenters. The Morgan fingerprint density at radius 1 is 1.21 bits per heavy atom. The molecule has 0 saturated heterocycles. The van der Waals surface area contributed by atoms with Gasteiger partial charge in [-0.25, -0.2) is 4.98 Å². The predicted octanol–water partition coefficient (Wildman–Crippen LogP) is 1.93. The molecule has 0 atom stereocenters. The van der Waals surface area contributed by atoms with Gasteiger partial charge in [-0.15, -0.1) is 0 Å². The molecule has 19 heavy (non-hydrogen) atoms. The van der Waals surface area contributed by atoms with Crippen molar-refractivity contribution in [3.63, 3.8) is 0 Å². The minimum atomic E-state index is -0.335. The molecule has 0 saturated carbocycles. The summed E-state index contributed by atoms with van der Waals surface area (Å²) >= 11 is 0. The van der Waals surface area contributed by atoms with Gasteiger partial charge in [-0.2, -0.15) is 0 Å². The number of carbonyl (C=O) groups is 2. The van der Waals surface area contributed by atoms with Crippen molar-refractivity contribution in [3.8, 4) is 0 Å². The van der Waals surface area contributed by atoms with E-state index in [1.165, 1.54) is 6.92 Å². The highest BCUT2D eigenvalue weighted by Crippen LogP contribution is 2.16. The van der Waals surface area contributed by atoms with Crippen molar-refractivity contribution in [2.45, 2.75) is 13.8 Å². The summed E-state index contributed by atoms with van der Waals surface area (Å²) in [6.07, 6.45) is 1.62. The molecule has 1 aromatic carbocycles. The van der Waals surface area contributed by atoms with E-state index in [0.717, 1.165) is 5.69 Å². The average molecular weight is 258 g/mol. The van der Waals surface area contributed by atoms with Gasteiger partial charge in [0.2, 0.25) is 11.9 Å². The fourth-order valence-electron chi connectivity index (χ4n) is 1.63. The van der Waals surface area contributed by atoms with Gasteiger partial charge in [0.1, 0.15) is 0 Å². The third kappa shape index (κ3) is 3.19. The Hall–Kier alpha value is -2.63. The Kier molecular flexibility index (Phi) is 3.61. The van der Waals surface area contributed by atoms with Gasteiger partial charge in [0, 0.05) is 18.8 Å². The van der Waals surface area contributed by atoms with Gasteiger partial charge in [0.15, 0.2) is 0 Å². The van der Waals surface area contributed by atoms with Crippen molar-refractivity contribution in [2.24, 2.45) is 0 Å². The minimum Gasteiger partial charge on any atom is -0.328 e. The van der Waals surface area contributed by atoms with Gasteiger partial charge in [-0.3, -0.25) is 14.9 Å². The lowest BCUT2D eigenvalue weighted by atomic mass is 10.1. The number of hydrogen-bond donors (Lipinski definition) is 3. The second kappa shape index (κ2) is 5.34. The van der Waals surface area contributed by atoms with Crippen LogP contribution in [0.15, 0.2) is 30.5 Å². The van der Waals surface area contributed by atoms with Crippen molar-refractivity contribution in [3.05, 3.63) is 41.7 Å². The lowest BCUT2D eigenvalue weighted by Crippen LogP contribution is -2.17. The molecule has 0 bridgehead atoms. The molecule has 0 aliphatic rings. The van der Waals surface area contributed by atoms with Gasteiger partial charge in [0.05, 0.1) is 11.3 Å². The first kappa shape index (κ1) is 12.8. The summed E-state index contributed by atoms with van der Waals surface area (Å²) in [7, 11) is 0. The summed E-state index contributed by atoms with van der Waals surface area (Å²) in [5.41, 5.74) is 1.70. The van der Waals surface area contributed by atoms with Crippen LogP contribution in [0.2, 0.25) is 0 Å². The summed E-state index contributed by atoms with van der Waals surface area (Å²) < 4.78 is 0. The zero-order valence-electron chi connectivity index (χ0n) is 10.7. The molecule has 0 aliphatic heterocycles. The Morgan fingerprint density at radius 3 is 2.58 bits per heavy atom. The second-order valence-electron chi connectivity index (χ2n) is 4.10. The van der Waals surface area contributed by atoms with Crippen molar-refractivity contribution in [1.29, 1.82) is 0 Å². The predicted molar refractivity (Wildman–Crippen MR) is 72.0 cm³/mol. The number of H-pyrrole nitrogens is 1. The molecule has 0 radical (unpaired) electrons. The molecular weight excluding hydrogens is 244 g/mol. The monoisotopic (exact) mass is 258 g/mol. The highest BCUT2D eigenvalue weighted by Gasteiger charge is 2.12. The fourth-order valence-corrected chi connectivity index (χ4v) is 1.63. The van der Waals surface area contributed by atoms with Crippen molar-refractivity contribution in [1.82, 2.24) is 9.97 Å². The van der Waals surface area contributed by atoms with Crippen LogP contribution in [0.1, 0.15) is 23.0 Å². The van der Waals surface area contributed by atoms with E-state index in [1.54, 1.807) is 30.5 Å². The molecule has 0 aliphatic carbocycles. The van der Waals surface area contributed by atoms with E-state index in [1.807, 2.05) is 6.92 Å². The standard InChI is InChI=1S/C13H14N4O2/c1-8-7-14-13(15-8)17-12(19)10-5-3-4-6-11(10)16-9(2)18/h3-7H,1-2H3,(H,16,18)(H2,14,15,17,19). The molecule has 0 fully saturated rings. The fraction of sp³-hybridized carbons (Fsp3) is 0.154. The maximum atomic E-state index is 12.1. The van der Waals surface area contributed by atoms with Crippen LogP contribution < -0.4 is 10.6 Å². The van der Waals surface area contributed by atoms with E-state index in [4.69, 9.17) is 0 Å². The summed E-state index contributed by atoms with van der Waals surface area (Å²) in [5, 5.41) is 5.25. The van der Waals surface area contributed by atoms with Gasteiger partial charge < -0.3 is 10.3 Å². The van der Waals surface area contributed by atoms with Gasteiger partial charge in [-0.1, -0.05) is 12.1 Å². The zero-order chi connectivity index (χ0) is 13.8. The summed E-state index contributed by atoms with van der Waals surface area (Å²) in [5.74, 6) is -0.187. The molecule has 2 amide bonds. The van der Waals surface area contributed by atoms with Crippen LogP contribution in [-0.4, -0.2) is 21.8 Å². The molecule has 1 heterocycles. The van der Waals surface area contributed by atoms with E-state index in [9.17, 15) is 9.59 Å². The number of carbonyl (C=O) groups excluding carboxylic acids is 2. The number of hydrogen-bond acceptors (Lipinski definition) is 3. The number of benzene rings is 1. The Bertz CT molecular complexity index is 619. The number of imidazole rings is 1. The number of anilines is 2. The summed E-state index contributed by atoms with van der Waals surface area (Å²) in [6, 6.07) is 6.78. The third-order valence-electron chi connectivity index (χ3n) is 2.42. The number of aromatic amines is 1. The lowest BCUT2D eigenvalue weighted by molar-refractivity contribution is -0.114. The summed E-state index contributed by atoms with van der Waals surface area (Å²) in [6.45, 7) is 3.23. The lowest BCUT2D eigenvalue weighted by Gasteiger charge is -2.08. The summed E-state index contributed by atoms with van der Waals surface area (Å²) in [4.78, 5) is 30.1. The molecule has 98 valence electrons. The second-order valence-corrected chi connectivity index (χ2v) is 4.10. The van der Waals surface area contributed by atoms with Crippen LogP contribution in [0.5, 0.6) is 0 Å². The Morgan fingerprint density at radius 2 is 1.95 bits per heavy atom. The van der Waals surface area contributed by atoms with Crippen LogP contribution in [0.3, 0.4) is 0 Å². The Balaban J connectivity index is 2.21. The van der Waals surface area contributed by atoms with Crippen LogP contribution in [0, 0.1) is 6.92 Å². The molecule has 0 spiro atoms. The molecular formula is C13H14N4O2. The number of para-hydroxylation sites is 1. The first-order chi connectivity index (χ1) is 9.06. The third-order valence-corrected chi connectivity index (χ3v) is 2.42. The number of nitrogens with zero attached hydrogens (tertiary/aromatic N) is 1. The largest absolute Gasteiger partial charge is 0.328 e. The van der Waals surface area contributed by atoms with E-state index >= 15 is 0 Å². The molecule has 2 rings (SSSR count). The van der Waals surface area contributed by atoms with Crippen LogP contribution in [-0.2, 0) is 4.79 Å². The molecule has 1 aromatic heterocycles. The number of rotatable bonds is 3. The van der Waals surface area contributed by atoms with Crippen LogP contribution >= 0.6 is 0 Å². The molecule has 3 N–H and O–H groups in total. The number of aromatic nitrogens is 2. The number of amides is 2. The average Bonchev–Trinajstić information content (AvgIpc) is 2.74. The molecule has 6 heteroatoms. The van der Waals surface area contributed by atoms with E-state index in [0.29, 0.717) is 17.2 Å². The molecule has 6 nitrogen and oxygen atoms in total. The van der Waals surface area contributed by atoms with Crippen molar-refractivity contribution >= 4 is 23.5 Å². The first-order valence-electron chi connectivity index (χ1n) is 5.76. The Labute approximate surface area is 110 Å². The SMILES string of the molecule is CC(=O)Nc1ccccc1C(=O)Nc1ncc(C)[nH]1.